The van der Waals surface area contributed by atoms with Crippen LogP contribution in [0.15, 0.2) is 66.0 Å². The summed E-state index contributed by atoms with van der Waals surface area (Å²) in [4.78, 5) is 16.3. The smallest absolute Gasteiger partial charge is 0.336 e. The second-order valence-electron chi connectivity index (χ2n) is 6.39. The van der Waals surface area contributed by atoms with E-state index in [4.69, 9.17) is 0 Å². The highest BCUT2D eigenvalue weighted by Crippen LogP contribution is 2.35. The number of aromatic nitrogens is 1. The van der Waals surface area contributed by atoms with Crippen LogP contribution in [0.1, 0.15) is 10.4 Å². The molecule has 0 bridgehead atoms. The summed E-state index contributed by atoms with van der Waals surface area (Å²) in [5, 5.41) is 21.3. The largest absolute Gasteiger partial charge is 0.478 e. The molecule has 3 aromatic carbocycles. The number of carboxylic acids is 1. The SMILES string of the molecule is O=C(O)c1cc(-c2nc(-c3ccc(F)c(F)c3)cs2)ccc1-c1ccccc1NO. The van der Waals surface area contributed by atoms with Gasteiger partial charge in [0, 0.05) is 22.1 Å². The number of benzene rings is 3. The summed E-state index contributed by atoms with van der Waals surface area (Å²) in [6.07, 6.45) is 0. The Hall–Kier alpha value is -3.62. The van der Waals surface area contributed by atoms with Gasteiger partial charge in [-0.3, -0.25) is 10.7 Å². The van der Waals surface area contributed by atoms with Gasteiger partial charge < -0.3 is 5.11 Å². The summed E-state index contributed by atoms with van der Waals surface area (Å²) in [5.74, 6) is -3.03. The summed E-state index contributed by atoms with van der Waals surface area (Å²) in [7, 11) is 0. The number of carboxylic acid groups (broad SMARTS) is 1. The fraction of sp³-hybridized carbons (Fsp3) is 0. The fourth-order valence-electron chi connectivity index (χ4n) is 3.10. The molecule has 4 rings (SSSR count). The van der Waals surface area contributed by atoms with Crippen molar-refractivity contribution in [2.75, 3.05) is 5.48 Å². The highest BCUT2D eigenvalue weighted by molar-refractivity contribution is 7.13. The van der Waals surface area contributed by atoms with Gasteiger partial charge in [-0.05, 0) is 35.9 Å². The number of halogens is 2. The van der Waals surface area contributed by atoms with Crippen molar-refractivity contribution in [1.29, 1.82) is 0 Å². The molecule has 8 heteroatoms. The third-order valence-electron chi connectivity index (χ3n) is 4.55. The van der Waals surface area contributed by atoms with Gasteiger partial charge in [-0.15, -0.1) is 11.3 Å². The zero-order valence-corrected chi connectivity index (χ0v) is 16.1. The number of hydrogen-bond acceptors (Lipinski definition) is 5. The Morgan fingerprint density at radius 3 is 2.43 bits per heavy atom. The quantitative estimate of drug-likeness (QED) is 0.346. The van der Waals surface area contributed by atoms with E-state index in [9.17, 15) is 23.9 Å². The van der Waals surface area contributed by atoms with Gasteiger partial charge >= 0.3 is 5.97 Å². The molecule has 0 radical (unpaired) electrons. The summed E-state index contributed by atoms with van der Waals surface area (Å²) in [6.45, 7) is 0. The van der Waals surface area contributed by atoms with E-state index in [1.807, 2.05) is 0 Å². The van der Waals surface area contributed by atoms with E-state index in [2.05, 4.69) is 10.5 Å². The van der Waals surface area contributed by atoms with Gasteiger partial charge in [0.15, 0.2) is 11.6 Å². The summed E-state index contributed by atoms with van der Waals surface area (Å²) < 4.78 is 26.7. The van der Waals surface area contributed by atoms with Gasteiger partial charge in [0.1, 0.15) is 5.01 Å². The van der Waals surface area contributed by atoms with E-state index in [0.717, 1.165) is 12.1 Å². The molecule has 0 aliphatic carbocycles. The predicted octanol–water partition coefficient (Wildman–Crippen LogP) is 5.92. The molecule has 0 atom stereocenters. The minimum Gasteiger partial charge on any atom is -0.478 e. The average molecular weight is 424 g/mol. The lowest BCUT2D eigenvalue weighted by molar-refractivity contribution is 0.0697. The first-order valence-corrected chi connectivity index (χ1v) is 9.64. The van der Waals surface area contributed by atoms with Crippen LogP contribution in [-0.4, -0.2) is 21.3 Å². The number of hydrogen-bond donors (Lipinski definition) is 3. The fourth-order valence-corrected chi connectivity index (χ4v) is 3.93. The van der Waals surface area contributed by atoms with Crippen LogP contribution in [0.25, 0.3) is 33.0 Å². The van der Waals surface area contributed by atoms with Gasteiger partial charge in [0.2, 0.25) is 0 Å². The number of thiazole rings is 1. The van der Waals surface area contributed by atoms with Crippen molar-refractivity contribution in [1.82, 2.24) is 4.98 Å². The number of anilines is 1. The first-order valence-electron chi connectivity index (χ1n) is 8.76. The van der Waals surface area contributed by atoms with Crippen LogP contribution in [0.2, 0.25) is 0 Å². The molecule has 1 aromatic heterocycles. The molecule has 0 saturated carbocycles. The van der Waals surface area contributed by atoms with Crippen molar-refractivity contribution < 1.29 is 23.9 Å². The van der Waals surface area contributed by atoms with Crippen LogP contribution in [0.3, 0.4) is 0 Å². The van der Waals surface area contributed by atoms with Gasteiger partial charge in [0.05, 0.1) is 16.9 Å². The van der Waals surface area contributed by atoms with E-state index in [0.29, 0.717) is 38.6 Å². The van der Waals surface area contributed by atoms with Crippen LogP contribution in [-0.2, 0) is 0 Å². The average Bonchev–Trinajstić information content (AvgIpc) is 3.25. The van der Waals surface area contributed by atoms with Crippen molar-refractivity contribution in [3.05, 3.63) is 83.2 Å². The van der Waals surface area contributed by atoms with E-state index >= 15 is 0 Å². The molecule has 5 nitrogen and oxygen atoms in total. The van der Waals surface area contributed by atoms with Crippen LogP contribution in [0, 0.1) is 11.6 Å². The number of aromatic carboxylic acids is 1. The monoisotopic (exact) mass is 424 g/mol. The molecular weight excluding hydrogens is 410 g/mol. The molecule has 0 fully saturated rings. The Bertz CT molecular complexity index is 1260. The third kappa shape index (κ3) is 3.66. The van der Waals surface area contributed by atoms with E-state index < -0.39 is 17.6 Å². The van der Waals surface area contributed by atoms with Crippen LogP contribution in [0.4, 0.5) is 14.5 Å². The first kappa shape index (κ1) is 19.7. The van der Waals surface area contributed by atoms with Gasteiger partial charge in [0.25, 0.3) is 0 Å². The molecule has 30 heavy (non-hydrogen) atoms. The van der Waals surface area contributed by atoms with Crippen LogP contribution < -0.4 is 5.48 Å². The van der Waals surface area contributed by atoms with E-state index in [-0.39, 0.29) is 5.56 Å². The highest BCUT2D eigenvalue weighted by Gasteiger charge is 2.17. The molecule has 0 unspecified atom stereocenters. The molecule has 0 spiro atoms. The van der Waals surface area contributed by atoms with Gasteiger partial charge in [-0.2, -0.15) is 0 Å². The molecule has 3 N–H and O–H groups in total. The molecule has 1 heterocycles. The number of para-hydroxylation sites is 1. The summed E-state index contributed by atoms with van der Waals surface area (Å²) in [6, 6.07) is 15.2. The maximum absolute atomic E-state index is 13.5. The topological polar surface area (TPSA) is 82.5 Å². The molecule has 0 aliphatic rings. The van der Waals surface area contributed by atoms with Crippen molar-refractivity contribution in [2.24, 2.45) is 0 Å². The second-order valence-corrected chi connectivity index (χ2v) is 7.25. The van der Waals surface area contributed by atoms with Gasteiger partial charge in [-0.25, -0.2) is 18.6 Å². The molecular formula is C22H14F2N2O3S. The predicted molar refractivity (Wildman–Crippen MR) is 111 cm³/mol. The van der Waals surface area contributed by atoms with E-state index in [1.165, 1.54) is 23.5 Å². The Labute approximate surface area is 173 Å². The summed E-state index contributed by atoms with van der Waals surface area (Å²) >= 11 is 1.26. The Morgan fingerprint density at radius 1 is 0.933 bits per heavy atom. The van der Waals surface area contributed by atoms with Crippen molar-refractivity contribution in [3.8, 4) is 33.0 Å². The molecule has 0 amide bonds. The molecule has 4 aromatic rings. The molecule has 0 aliphatic heterocycles. The number of nitrogens with zero attached hydrogens (tertiary/aromatic N) is 1. The van der Waals surface area contributed by atoms with Gasteiger partial charge in [-0.1, -0.05) is 30.3 Å². The summed E-state index contributed by atoms with van der Waals surface area (Å²) in [5.41, 5.74) is 4.92. The standard InChI is InChI=1S/C22H14F2N2O3S/c23-17-8-6-12(10-18(17)24)20-11-30-21(25-20)13-5-7-14(16(9-13)22(27)28)15-3-1-2-4-19(15)26-29/h1-11,26,29H,(H,27,28). The van der Waals surface area contributed by atoms with Crippen molar-refractivity contribution in [3.63, 3.8) is 0 Å². The van der Waals surface area contributed by atoms with Crippen LogP contribution in [0.5, 0.6) is 0 Å². The minimum absolute atomic E-state index is 0.0415. The van der Waals surface area contributed by atoms with Crippen LogP contribution >= 0.6 is 11.3 Å². The maximum atomic E-state index is 13.5. The first-order chi connectivity index (χ1) is 14.5. The second kappa shape index (κ2) is 8.02. The number of carbonyl (C=O) groups is 1. The zero-order chi connectivity index (χ0) is 21.3. The minimum atomic E-state index is -1.13. The number of rotatable bonds is 5. The lowest BCUT2D eigenvalue weighted by Crippen LogP contribution is -2.02. The lowest BCUT2D eigenvalue weighted by atomic mass is 9.96. The molecule has 0 saturated heterocycles. The normalized spacial score (nSPS) is 10.8. The third-order valence-corrected chi connectivity index (χ3v) is 5.45. The van der Waals surface area contributed by atoms with E-state index in [1.54, 1.807) is 41.8 Å². The number of nitrogens with one attached hydrogen (secondary N) is 1. The molecule has 150 valence electrons. The zero-order valence-electron chi connectivity index (χ0n) is 15.3. The maximum Gasteiger partial charge on any atom is 0.336 e. The Kier molecular flexibility index (Phi) is 5.26. The Morgan fingerprint density at radius 2 is 1.70 bits per heavy atom. The van der Waals surface area contributed by atoms with Crippen molar-refractivity contribution in [2.45, 2.75) is 0 Å². The highest BCUT2D eigenvalue weighted by atomic mass is 32.1. The Balaban J connectivity index is 1.76. The van der Waals surface area contributed by atoms with Crippen molar-refractivity contribution >= 4 is 23.0 Å². The lowest BCUT2D eigenvalue weighted by Gasteiger charge is -2.12.